The number of piperazine rings is 1. The number of hydrogen-bond donors (Lipinski definition) is 0. The number of para-hydroxylation sites is 1. The van der Waals surface area contributed by atoms with Crippen LogP contribution in [0.15, 0.2) is 60.7 Å². The maximum Gasteiger partial charge on any atom is 0.0367 e. The number of nitrogens with zero attached hydrogens (tertiary/aromatic N) is 2. The summed E-state index contributed by atoms with van der Waals surface area (Å²) in [7, 11) is 0. The normalized spacial score (nSPS) is 25.3. The molecular formula is C18H20N2. The van der Waals surface area contributed by atoms with Crippen molar-refractivity contribution < 1.29 is 0 Å². The predicted octanol–water partition coefficient (Wildman–Crippen LogP) is 3.15. The van der Waals surface area contributed by atoms with E-state index in [2.05, 4.69) is 70.5 Å². The van der Waals surface area contributed by atoms with Crippen LogP contribution in [0.1, 0.15) is 12.0 Å². The smallest absolute Gasteiger partial charge is 0.0367 e. The van der Waals surface area contributed by atoms with Crippen LogP contribution in [-0.4, -0.2) is 30.1 Å². The van der Waals surface area contributed by atoms with Gasteiger partial charge in [0, 0.05) is 37.4 Å². The number of fused-ring (bicyclic) bond motifs is 2. The van der Waals surface area contributed by atoms with Crippen LogP contribution in [-0.2, 0) is 6.54 Å². The SMILES string of the molecule is c1ccc(CN2C3CC2CN(c2ccccc2)C3)cc1. The van der Waals surface area contributed by atoms with Gasteiger partial charge in [0.1, 0.15) is 0 Å². The Hall–Kier alpha value is -1.80. The van der Waals surface area contributed by atoms with Gasteiger partial charge in [-0.1, -0.05) is 48.5 Å². The molecule has 3 aliphatic rings. The first kappa shape index (κ1) is 12.0. The lowest BCUT2D eigenvalue weighted by atomic mass is 9.86. The Balaban J connectivity index is 1.44. The Bertz CT molecular complexity index is 554. The molecule has 0 radical (unpaired) electrons. The quantitative estimate of drug-likeness (QED) is 0.840. The van der Waals surface area contributed by atoms with Crippen molar-refractivity contribution in [2.75, 3.05) is 18.0 Å². The van der Waals surface area contributed by atoms with Crippen LogP contribution in [0.4, 0.5) is 5.69 Å². The van der Waals surface area contributed by atoms with Gasteiger partial charge in [-0.25, -0.2) is 0 Å². The molecule has 2 aromatic carbocycles. The Labute approximate surface area is 120 Å². The molecule has 0 N–H and O–H groups in total. The van der Waals surface area contributed by atoms with E-state index in [9.17, 15) is 0 Å². The van der Waals surface area contributed by atoms with E-state index in [-0.39, 0.29) is 0 Å². The summed E-state index contributed by atoms with van der Waals surface area (Å²) in [4.78, 5) is 5.22. The van der Waals surface area contributed by atoms with Crippen molar-refractivity contribution in [3.8, 4) is 0 Å². The highest BCUT2D eigenvalue weighted by Crippen LogP contribution is 2.35. The monoisotopic (exact) mass is 264 g/mol. The second-order valence-corrected chi connectivity index (χ2v) is 5.94. The van der Waals surface area contributed by atoms with Gasteiger partial charge in [-0.3, -0.25) is 4.90 Å². The summed E-state index contributed by atoms with van der Waals surface area (Å²) in [6.07, 6.45) is 1.37. The van der Waals surface area contributed by atoms with E-state index >= 15 is 0 Å². The van der Waals surface area contributed by atoms with Gasteiger partial charge in [-0.15, -0.1) is 0 Å². The minimum atomic E-state index is 0.731. The lowest BCUT2D eigenvalue weighted by Crippen LogP contribution is -2.68. The second-order valence-electron chi connectivity index (χ2n) is 5.94. The number of piperidine rings is 1. The highest BCUT2D eigenvalue weighted by Gasteiger charge is 2.44. The zero-order valence-corrected chi connectivity index (χ0v) is 11.7. The van der Waals surface area contributed by atoms with Crippen LogP contribution in [0.5, 0.6) is 0 Å². The average Bonchev–Trinajstić information content (AvgIpc) is 2.54. The van der Waals surface area contributed by atoms with Crippen molar-refractivity contribution in [1.29, 1.82) is 0 Å². The zero-order chi connectivity index (χ0) is 13.4. The standard InChI is InChI=1S/C18H20N2/c1-3-7-15(8-4-1)12-20-17-11-18(20)14-19(13-17)16-9-5-2-6-10-16/h1-10,17-18H,11-14H2. The van der Waals surface area contributed by atoms with Gasteiger partial charge < -0.3 is 4.90 Å². The highest BCUT2D eigenvalue weighted by molar-refractivity contribution is 5.48. The van der Waals surface area contributed by atoms with Gasteiger partial charge in [-0.2, -0.15) is 0 Å². The molecule has 2 unspecified atom stereocenters. The van der Waals surface area contributed by atoms with Crippen LogP contribution in [0, 0.1) is 0 Å². The number of benzene rings is 2. The van der Waals surface area contributed by atoms with E-state index in [4.69, 9.17) is 0 Å². The van der Waals surface area contributed by atoms with E-state index in [1.165, 1.54) is 30.8 Å². The first-order valence-corrected chi connectivity index (χ1v) is 7.50. The molecule has 20 heavy (non-hydrogen) atoms. The predicted molar refractivity (Wildman–Crippen MR) is 82.8 cm³/mol. The maximum atomic E-state index is 2.68. The van der Waals surface area contributed by atoms with Crippen molar-refractivity contribution in [2.24, 2.45) is 0 Å². The first-order chi connectivity index (χ1) is 9.90. The van der Waals surface area contributed by atoms with Crippen LogP contribution < -0.4 is 4.90 Å². The molecular weight excluding hydrogens is 244 g/mol. The van der Waals surface area contributed by atoms with Crippen molar-refractivity contribution in [1.82, 2.24) is 4.90 Å². The Morgan fingerprint density at radius 1 is 0.800 bits per heavy atom. The molecule has 2 heteroatoms. The minimum Gasteiger partial charge on any atom is -0.368 e. The van der Waals surface area contributed by atoms with E-state index in [1.807, 2.05) is 0 Å². The van der Waals surface area contributed by atoms with Gasteiger partial charge in [0.15, 0.2) is 0 Å². The Kier molecular flexibility index (Phi) is 2.96. The molecule has 2 bridgehead atoms. The van der Waals surface area contributed by atoms with Crippen molar-refractivity contribution >= 4 is 5.69 Å². The van der Waals surface area contributed by atoms with E-state index < -0.39 is 0 Å². The number of rotatable bonds is 3. The summed E-state index contributed by atoms with van der Waals surface area (Å²) < 4.78 is 0. The lowest BCUT2D eigenvalue weighted by Gasteiger charge is -2.57. The first-order valence-electron chi connectivity index (χ1n) is 7.50. The summed E-state index contributed by atoms with van der Waals surface area (Å²) in [5.41, 5.74) is 2.82. The van der Waals surface area contributed by atoms with Crippen LogP contribution >= 0.6 is 0 Å². The number of anilines is 1. The molecule has 3 fully saturated rings. The van der Waals surface area contributed by atoms with Crippen molar-refractivity contribution in [2.45, 2.75) is 25.0 Å². The molecule has 3 aliphatic heterocycles. The third-order valence-corrected chi connectivity index (χ3v) is 4.67. The van der Waals surface area contributed by atoms with E-state index in [1.54, 1.807) is 0 Å². The van der Waals surface area contributed by atoms with Crippen molar-refractivity contribution in [3.63, 3.8) is 0 Å². The third kappa shape index (κ3) is 2.10. The molecule has 0 saturated carbocycles. The summed E-state index contributed by atoms with van der Waals surface area (Å²) in [5, 5.41) is 0. The summed E-state index contributed by atoms with van der Waals surface area (Å²) in [6.45, 7) is 3.46. The molecule has 0 aromatic heterocycles. The van der Waals surface area contributed by atoms with Gasteiger partial charge in [0.2, 0.25) is 0 Å². The number of hydrogen-bond acceptors (Lipinski definition) is 2. The van der Waals surface area contributed by atoms with Gasteiger partial charge >= 0.3 is 0 Å². The summed E-state index contributed by atoms with van der Waals surface area (Å²) in [5.74, 6) is 0. The fourth-order valence-corrected chi connectivity index (χ4v) is 3.59. The average molecular weight is 264 g/mol. The van der Waals surface area contributed by atoms with Gasteiger partial charge in [0.05, 0.1) is 0 Å². The molecule has 3 saturated heterocycles. The van der Waals surface area contributed by atoms with Crippen LogP contribution in [0.3, 0.4) is 0 Å². The van der Waals surface area contributed by atoms with Crippen LogP contribution in [0.2, 0.25) is 0 Å². The lowest BCUT2D eigenvalue weighted by molar-refractivity contribution is -0.00842. The minimum absolute atomic E-state index is 0.731. The fraction of sp³-hybridized carbons (Fsp3) is 0.333. The molecule has 102 valence electrons. The van der Waals surface area contributed by atoms with Crippen molar-refractivity contribution in [3.05, 3.63) is 66.2 Å². The maximum absolute atomic E-state index is 2.68. The van der Waals surface area contributed by atoms with Gasteiger partial charge in [0.25, 0.3) is 0 Å². The summed E-state index contributed by atoms with van der Waals surface area (Å²) >= 11 is 0. The zero-order valence-electron chi connectivity index (χ0n) is 11.7. The summed E-state index contributed by atoms with van der Waals surface area (Å²) in [6, 6.07) is 23.1. The molecule has 2 nitrogen and oxygen atoms in total. The largest absolute Gasteiger partial charge is 0.368 e. The molecule has 2 aromatic rings. The molecule has 0 aliphatic carbocycles. The topological polar surface area (TPSA) is 6.48 Å². The molecule has 0 amide bonds. The molecule has 3 heterocycles. The molecule has 2 atom stereocenters. The highest BCUT2D eigenvalue weighted by atomic mass is 15.4. The van der Waals surface area contributed by atoms with Crippen LogP contribution in [0.25, 0.3) is 0 Å². The molecule has 0 spiro atoms. The van der Waals surface area contributed by atoms with E-state index in [0.29, 0.717) is 0 Å². The fourth-order valence-electron chi connectivity index (χ4n) is 3.59. The Morgan fingerprint density at radius 3 is 2.05 bits per heavy atom. The van der Waals surface area contributed by atoms with E-state index in [0.717, 1.165) is 18.6 Å². The molecule has 5 rings (SSSR count). The third-order valence-electron chi connectivity index (χ3n) is 4.67. The second kappa shape index (κ2) is 4.95. The van der Waals surface area contributed by atoms with Gasteiger partial charge in [-0.05, 0) is 24.1 Å². The Morgan fingerprint density at radius 2 is 1.40 bits per heavy atom.